The highest BCUT2D eigenvalue weighted by Crippen LogP contribution is 2.14. The van der Waals surface area contributed by atoms with Gasteiger partial charge in [0.1, 0.15) is 0 Å². The summed E-state index contributed by atoms with van der Waals surface area (Å²) in [6.45, 7) is 4.10. The summed E-state index contributed by atoms with van der Waals surface area (Å²) < 4.78 is 0. The zero-order valence-corrected chi connectivity index (χ0v) is 8.96. The fraction of sp³-hybridized carbons (Fsp3) is 0.900. The van der Waals surface area contributed by atoms with Gasteiger partial charge >= 0.3 is 0 Å². The van der Waals surface area contributed by atoms with Crippen LogP contribution >= 0.6 is 0 Å². The molecule has 3 N–H and O–H groups in total. The first-order valence-electron chi connectivity index (χ1n) is 5.54. The van der Waals surface area contributed by atoms with Gasteiger partial charge in [0.25, 0.3) is 5.91 Å². The molecule has 0 radical (unpaired) electrons. The lowest BCUT2D eigenvalue weighted by atomic mass is 10.1. The molecule has 1 saturated heterocycles. The highest BCUT2D eigenvalue weighted by Gasteiger charge is 2.23. The van der Waals surface area contributed by atoms with Gasteiger partial charge in [0.2, 0.25) is 0 Å². The topological polar surface area (TPSA) is 58.4 Å². The molecule has 1 aliphatic heterocycles. The third-order valence-electron chi connectivity index (χ3n) is 2.91. The van der Waals surface area contributed by atoms with Crippen LogP contribution in [0.15, 0.2) is 0 Å². The highest BCUT2D eigenvalue weighted by atomic mass is 16.2. The highest BCUT2D eigenvalue weighted by molar-refractivity contribution is 5.81. The molecule has 0 aromatic carbocycles. The lowest BCUT2D eigenvalue weighted by Gasteiger charge is -2.27. The van der Waals surface area contributed by atoms with Crippen LogP contribution in [0.25, 0.3) is 0 Å². The van der Waals surface area contributed by atoms with E-state index in [9.17, 15) is 4.79 Å². The number of nitrogens with zero attached hydrogens (tertiary/aromatic N) is 1. The summed E-state index contributed by atoms with van der Waals surface area (Å²) in [6, 6.07) is -0.0295. The number of likely N-dealkylation sites (tertiary alicyclic amines) is 1. The molecule has 0 bridgehead atoms. The second-order valence-electron chi connectivity index (χ2n) is 3.88. The first-order valence-corrected chi connectivity index (χ1v) is 5.54. The summed E-state index contributed by atoms with van der Waals surface area (Å²) in [5.41, 5.74) is 2.25. The molecule has 14 heavy (non-hydrogen) atoms. The van der Waals surface area contributed by atoms with Gasteiger partial charge in [-0.25, -0.2) is 5.84 Å². The number of carbonyl (C=O) groups excluding carboxylic acids is 1. The standard InChI is InChI=1S/C10H21N3O/c1-2-9(10(14)12-11)13-7-5-3-4-6-8-13/h9H,2-8,11H2,1H3,(H,12,14). The van der Waals surface area contributed by atoms with Crippen LogP contribution in [0.3, 0.4) is 0 Å². The molecule has 1 fully saturated rings. The predicted octanol–water partition coefficient (Wildman–Crippen LogP) is 0.631. The van der Waals surface area contributed by atoms with E-state index in [1.807, 2.05) is 6.92 Å². The van der Waals surface area contributed by atoms with E-state index in [0.29, 0.717) is 0 Å². The van der Waals surface area contributed by atoms with Gasteiger partial charge in [-0.3, -0.25) is 15.1 Å². The maximum atomic E-state index is 11.5. The molecule has 0 aromatic heterocycles. The monoisotopic (exact) mass is 199 g/mol. The maximum Gasteiger partial charge on any atom is 0.251 e. The van der Waals surface area contributed by atoms with Gasteiger partial charge in [-0.1, -0.05) is 19.8 Å². The average Bonchev–Trinajstić information content (AvgIpc) is 2.47. The van der Waals surface area contributed by atoms with Crippen molar-refractivity contribution in [3.05, 3.63) is 0 Å². The number of hydrogen-bond acceptors (Lipinski definition) is 3. The number of hydrazine groups is 1. The van der Waals surface area contributed by atoms with Crippen molar-refractivity contribution in [2.24, 2.45) is 5.84 Å². The minimum absolute atomic E-state index is 0.0295. The van der Waals surface area contributed by atoms with Crippen LogP contribution in [0.5, 0.6) is 0 Å². The first-order chi connectivity index (χ1) is 6.79. The van der Waals surface area contributed by atoms with Crippen molar-refractivity contribution in [1.82, 2.24) is 10.3 Å². The van der Waals surface area contributed by atoms with Gasteiger partial charge in [-0.15, -0.1) is 0 Å². The molecular weight excluding hydrogens is 178 g/mol. The van der Waals surface area contributed by atoms with Crippen molar-refractivity contribution < 1.29 is 4.79 Å². The SMILES string of the molecule is CCC(C(=O)NN)N1CCCCCC1. The molecule has 1 aliphatic rings. The number of nitrogens with two attached hydrogens (primary N) is 1. The minimum Gasteiger partial charge on any atom is -0.293 e. The molecule has 1 amide bonds. The van der Waals surface area contributed by atoms with Crippen molar-refractivity contribution in [1.29, 1.82) is 0 Å². The molecule has 0 spiro atoms. The molecule has 1 rings (SSSR count). The Balaban J connectivity index is 2.52. The largest absolute Gasteiger partial charge is 0.293 e. The molecule has 4 heteroatoms. The van der Waals surface area contributed by atoms with E-state index in [4.69, 9.17) is 5.84 Å². The molecule has 1 heterocycles. The summed E-state index contributed by atoms with van der Waals surface area (Å²) in [5, 5.41) is 0. The van der Waals surface area contributed by atoms with Gasteiger partial charge in [0.05, 0.1) is 6.04 Å². The third kappa shape index (κ3) is 2.96. The van der Waals surface area contributed by atoms with Crippen LogP contribution in [0.2, 0.25) is 0 Å². The number of carbonyl (C=O) groups is 1. The molecular formula is C10H21N3O. The summed E-state index contributed by atoms with van der Waals surface area (Å²) in [7, 11) is 0. The Morgan fingerprint density at radius 1 is 1.36 bits per heavy atom. The van der Waals surface area contributed by atoms with Crippen LogP contribution in [-0.4, -0.2) is 29.9 Å². The fourth-order valence-corrected chi connectivity index (χ4v) is 2.11. The van der Waals surface area contributed by atoms with E-state index < -0.39 is 0 Å². The van der Waals surface area contributed by atoms with Crippen LogP contribution < -0.4 is 11.3 Å². The van der Waals surface area contributed by atoms with Crippen molar-refractivity contribution in [3.8, 4) is 0 Å². The Bertz CT molecular complexity index is 176. The molecule has 4 nitrogen and oxygen atoms in total. The molecule has 0 aromatic rings. The Labute approximate surface area is 85.8 Å². The van der Waals surface area contributed by atoms with Crippen LogP contribution in [0.1, 0.15) is 39.0 Å². The van der Waals surface area contributed by atoms with E-state index in [2.05, 4.69) is 10.3 Å². The summed E-state index contributed by atoms with van der Waals surface area (Å²) in [5.74, 6) is 5.12. The maximum absolute atomic E-state index is 11.5. The lowest BCUT2D eigenvalue weighted by Crippen LogP contribution is -2.49. The zero-order valence-electron chi connectivity index (χ0n) is 8.96. The second kappa shape index (κ2) is 5.98. The van der Waals surface area contributed by atoms with Crippen molar-refractivity contribution in [3.63, 3.8) is 0 Å². The second-order valence-corrected chi connectivity index (χ2v) is 3.88. The van der Waals surface area contributed by atoms with E-state index in [0.717, 1.165) is 19.5 Å². The number of hydrogen-bond donors (Lipinski definition) is 2. The van der Waals surface area contributed by atoms with Gasteiger partial charge in [0.15, 0.2) is 0 Å². The van der Waals surface area contributed by atoms with E-state index in [1.165, 1.54) is 25.7 Å². The third-order valence-corrected chi connectivity index (χ3v) is 2.91. The summed E-state index contributed by atoms with van der Waals surface area (Å²) >= 11 is 0. The van der Waals surface area contributed by atoms with Crippen LogP contribution in [-0.2, 0) is 4.79 Å². The van der Waals surface area contributed by atoms with E-state index >= 15 is 0 Å². The molecule has 1 atom stereocenters. The first kappa shape index (κ1) is 11.5. The molecule has 82 valence electrons. The lowest BCUT2D eigenvalue weighted by molar-refractivity contribution is -0.126. The molecule has 0 aliphatic carbocycles. The number of amides is 1. The van der Waals surface area contributed by atoms with Gasteiger partial charge in [-0.05, 0) is 32.4 Å². The van der Waals surface area contributed by atoms with Gasteiger partial charge < -0.3 is 0 Å². The quantitative estimate of drug-likeness (QED) is 0.398. The Kier molecular flexibility index (Phi) is 4.90. The van der Waals surface area contributed by atoms with Crippen LogP contribution in [0, 0.1) is 0 Å². The minimum atomic E-state index is -0.0469. The van der Waals surface area contributed by atoms with Crippen molar-refractivity contribution >= 4 is 5.91 Å². The normalized spacial score (nSPS) is 21.3. The van der Waals surface area contributed by atoms with E-state index in [-0.39, 0.29) is 11.9 Å². The van der Waals surface area contributed by atoms with Crippen molar-refractivity contribution in [2.75, 3.05) is 13.1 Å². The summed E-state index contributed by atoms with van der Waals surface area (Å²) in [4.78, 5) is 13.7. The predicted molar refractivity (Wildman–Crippen MR) is 56.5 cm³/mol. The van der Waals surface area contributed by atoms with E-state index in [1.54, 1.807) is 0 Å². The Morgan fingerprint density at radius 3 is 2.36 bits per heavy atom. The van der Waals surface area contributed by atoms with Crippen molar-refractivity contribution in [2.45, 2.75) is 45.1 Å². The van der Waals surface area contributed by atoms with Gasteiger partial charge in [0, 0.05) is 0 Å². The average molecular weight is 199 g/mol. The Morgan fingerprint density at radius 2 is 1.93 bits per heavy atom. The number of rotatable bonds is 3. The Hall–Kier alpha value is -0.610. The fourth-order valence-electron chi connectivity index (χ4n) is 2.11. The van der Waals surface area contributed by atoms with Crippen LogP contribution in [0.4, 0.5) is 0 Å². The zero-order chi connectivity index (χ0) is 10.4. The van der Waals surface area contributed by atoms with Gasteiger partial charge in [-0.2, -0.15) is 0 Å². The number of nitrogens with one attached hydrogen (secondary N) is 1. The smallest absolute Gasteiger partial charge is 0.251 e. The summed E-state index contributed by atoms with van der Waals surface area (Å²) in [6.07, 6.45) is 5.82. The molecule has 0 saturated carbocycles. The molecule has 1 unspecified atom stereocenters.